The molecule has 0 aromatic heterocycles. The standard InChI is InChI=1S/C21H27N3O2S2/c1-3-17-9-4-5-10-20(17)23-21(27)22-18-11-13-19(14-12-18)28(25,26)24-15-7-6-8-16(24)2/h4-5,9-14,16H,3,6-8,15H2,1-2H3,(H2,22,23,27)/t16-/m1/s1. The summed E-state index contributed by atoms with van der Waals surface area (Å²) in [6, 6.07) is 14.8. The highest BCUT2D eigenvalue weighted by Crippen LogP contribution is 2.26. The molecule has 28 heavy (non-hydrogen) atoms. The van der Waals surface area contributed by atoms with Crippen LogP contribution in [0.5, 0.6) is 0 Å². The molecule has 7 heteroatoms. The number of nitrogens with one attached hydrogen (secondary N) is 2. The molecule has 0 saturated carbocycles. The largest absolute Gasteiger partial charge is 0.332 e. The molecule has 0 aliphatic carbocycles. The molecule has 5 nitrogen and oxygen atoms in total. The van der Waals surface area contributed by atoms with Gasteiger partial charge in [-0.15, -0.1) is 0 Å². The Kier molecular flexibility index (Phi) is 6.69. The highest BCUT2D eigenvalue weighted by molar-refractivity contribution is 7.89. The summed E-state index contributed by atoms with van der Waals surface area (Å²) >= 11 is 5.40. The number of benzene rings is 2. The molecule has 1 heterocycles. The highest BCUT2D eigenvalue weighted by Gasteiger charge is 2.30. The number of hydrogen-bond donors (Lipinski definition) is 2. The number of piperidine rings is 1. The summed E-state index contributed by atoms with van der Waals surface area (Å²) in [4.78, 5) is 0.321. The number of para-hydroxylation sites is 1. The van der Waals surface area contributed by atoms with Gasteiger partial charge in [-0.3, -0.25) is 0 Å². The fourth-order valence-electron chi connectivity index (χ4n) is 3.51. The van der Waals surface area contributed by atoms with Crippen LogP contribution < -0.4 is 10.6 Å². The number of nitrogens with zero attached hydrogens (tertiary/aromatic N) is 1. The van der Waals surface area contributed by atoms with E-state index < -0.39 is 10.0 Å². The molecule has 1 fully saturated rings. The lowest BCUT2D eigenvalue weighted by atomic mass is 10.1. The Labute approximate surface area is 173 Å². The molecule has 0 unspecified atom stereocenters. The first-order valence-electron chi connectivity index (χ1n) is 9.69. The van der Waals surface area contributed by atoms with Gasteiger partial charge in [0.25, 0.3) is 0 Å². The quantitative estimate of drug-likeness (QED) is 0.695. The number of sulfonamides is 1. The van der Waals surface area contributed by atoms with Crippen molar-refractivity contribution in [1.82, 2.24) is 4.31 Å². The molecular formula is C21H27N3O2S2. The third-order valence-corrected chi connectivity index (χ3v) is 7.34. The van der Waals surface area contributed by atoms with Crippen molar-refractivity contribution in [3.63, 3.8) is 0 Å². The van der Waals surface area contributed by atoms with E-state index in [0.29, 0.717) is 16.6 Å². The maximum Gasteiger partial charge on any atom is 0.243 e. The van der Waals surface area contributed by atoms with Gasteiger partial charge in [0, 0.05) is 24.0 Å². The fourth-order valence-corrected chi connectivity index (χ4v) is 5.44. The van der Waals surface area contributed by atoms with Gasteiger partial charge >= 0.3 is 0 Å². The van der Waals surface area contributed by atoms with Crippen molar-refractivity contribution >= 4 is 38.7 Å². The van der Waals surface area contributed by atoms with Gasteiger partial charge in [0.05, 0.1) is 4.90 Å². The maximum absolute atomic E-state index is 12.9. The van der Waals surface area contributed by atoms with E-state index in [1.807, 2.05) is 25.1 Å². The van der Waals surface area contributed by atoms with Crippen LogP contribution in [-0.2, 0) is 16.4 Å². The Morgan fingerprint density at radius 2 is 1.82 bits per heavy atom. The Morgan fingerprint density at radius 3 is 2.50 bits per heavy atom. The van der Waals surface area contributed by atoms with E-state index in [2.05, 4.69) is 23.6 Å². The van der Waals surface area contributed by atoms with Crippen molar-refractivity contribution in [2.75, 3.05) is 17.2 Å². The minimum atomic E-state index is -3.46. The Morgan fingerprint density at radius 1 is 1.11 bits per heavy atom. The van der Waals surface area contributed by atoms with Crippen LogP contribution in [0.15, 0.2) is 53.4 Å². The van der Waals surface area contributed by atoms with Crippen LogP contribution in [0.1, 0.15) is 38.7 Å². The lowest BCUT2D eigenvalue weighted by molar-refractivity contribution is 0.268. The molecule has 2 aromatic carbocycles. The summed E-state index contributed by atoms with van der Waals surface area (Å²) in [5.41, 5.74) is 2.90. The fraction of sp³-hybridized carbons (Fsp3) is 0.381. The highest BCUT2D eigenvalue weighted by atomic mass is 32.2. The summed E-state index contributed by atoms with van der Waals surface area (Å²) < 4.78 is 27.4. The second-order valence-corrected chi connectivity index (χ2v) is 9.37. The van der Waals surface area contributed by atoms with E-state index >= 15 is 0 Å². The normalized spacial score (nSPS) is 17.9. The SMILES string of the molecule is CCc1ccccc1NC(=S)Nc1ccc(S(=O)(=O)N2CCCC[C@H]2C)cc1. The summed E-state index contributed by atoms with van der Waals surface area (Å²) in [7, 11) is -3.46. The zero-order chi connectivity index (χ0) is 20.1. The molecule has 2 N–H and O–H groups in total. The zero-order valence-electron chi connectivity index (χ0n) is 16.3. The predicted octanol–water partition coefficient (Wildman–Crippen LogP) is 4.62. The third-order valence-electron chi connectivity index (χ3n) is 5.11. The Balaban J connectivity index is 1.68. The lowest BCUT2D eigenvalue weighted by Gasteiger charge is -2.32. The Hall–Kier alpha value is -1.96. The van der Waals surface area contributed by atoms with Crippen molar-refractivity contribution in [1.29, 1.82) is 0 Å². The van der Waals surface area contributed by atoms with E-state index in [1.54, 1.807) is 28.6 Å². The number of aryl methyl sites for hydroxylation is 1. The molecule has 0 spiro atoms. The number of hydrogen-bond acceptors (Lipinski definition) is 3. The number of anilines is 2. The molecule has 150 valence electrons. The van der Waals surface area contributed by atoms with E-state index in [1.165, 1.54) is 5.56 Å². The predicted molar refractivity (Wildman–Crippen MR) is 119 cm³/mol. The monoisotopic (exact) mass is 417 g/mol. The van der Waals surface area contributed by atoms with Crippen molar-refractivity contribution in [2.24, 2.45) is 0 Å². The van der Waals surface area contributed by atoms with Crippen LogP contribution in [0, 0.1) is 0 Å². The minimum absolute atomic E-state index is 0.0481. The van der Waals surface area contributed by atoms with Gasteiger partial charge in [-0.2, -0.15) is 4.31 Å². The Bertz CT molecular complexity index is 927. The molecule has 2 aromatic rings. The van der Waals surface area contributed by atoms with Crippen molar-refractivity contribution in [3.05, 3.63) is 54.1 Å². The van der Waals surface area contributed by atoms with Gasteiger partial charge in [0.15, 0.2) is 5.11 Å². The molecule has 1 aliphatic heterocycles. The van der Waals surface area contributed by atoms with Gasteiger partial charge in [0.1, 0.15) is 0 Å². The molecule has 1 saturated heterocycles. The topological polar surface area (TPSA) is 61.4 Å². The van der Waals surface area contributed by atoms with Crippen LogP contribution in [0.25, 0.3) is 0 Å². The van der Waals surface area contributed by atoms with E-state index in [-0.39, 0.29) is 6.04 Å². The molecule has 1 aliphatic rings. The summed E-state index contributed by atoms with van der Waals surface area (Å²) in [5, 5.41) is 6.80. The van der Waals surface area contributed by atoms with Gasteiger partial charge in [0.2, 0.25) is 10.0 Å². The lowest BCUT2D eigenvalue weighted by Crippen LogP contribution is -2.41. The first kappa shape index (κ1) is 20.8. The summed E-state index contributed by atoms with van der Waals surface area (Å²) in [5.74, 6) is 0. The number of rotatable bonds is 5. The smallest absolute Gasteiger partial charge is 0.243 e. The van der Waals surface area contributed by atoms with Crippen LogP contribution in [-0.4, -0.2) is 30.4 Å². The molecular weight excluding hydrogens is 390 g/mol. The van der Waals surface area contributed by atoms with E-state index in [9.17, 15) is 8.42 Å². The van der Waals surface area contributed by atoms with Crippen LogP contribution in [0.2, 0.25) is 0 Å². The first-order valence-corrected chi connectivity index (χ1v) is 11.5. The molecule has 0 amide bonds. The minimum Gasteiger partial charge on any atom is -0.332 e. The summed E-state index contributed by atoms with van der Waals surface area (Å²) in [6.07, 6.45) is 3.83. The first-order chi connectivity index (χ1) is 13.4. The zero-order valence-corrected chi connectivity index (χ0v) is 17.9. The van der Waals surface area contributed by atoms with E-state index in [4.69, 9.17) is 12.2 Å². The van der Waals surface area contributed by atoms with Gasteiger partial charge in [-0.25, -0.2) is 8.42 Å². The average molecular weight is 418 g/mol. The van der Waals surface area contributed by atoms with Crippen molar-refractivity contribution < 1.29 is 8.42 Å². The second-order valence-electron chi connectivity index (χ2n) is 7.07. The second kappa shape index (κ2) is 9.03. The third kappa shape index (κ3) is 4.71. The van der Waals surface area contributed by atoms with Gasteiger partial charge in [-0.05, 0) is 74.3 Å². The van der Waals surface area contributed by atoms with Crippen LogP contribution in [0.3, 0.4) is 0 Å². The maximum atomic E-state index is 12.9. The van der Waals surface area contributed by atoms with E-state index in [0.717, 1.165) is 37.1 Å². The molecule has 1 atom stereocenters. The van der Waals surface area contributed by atoms with Crippen molar-refractivity contribution in [2.45, 2.75) is 50.5 Å². The van der Waals surface area contributed by atoms with Crippen molar-refractivity contribution in [3.8, 4) is 0 Å². The van der Waals surface area contributed by atoms with Gasteiger partial charge < -0.3 is 10.6 Å². The molecule has 0 radical (unpaired) electrons. The number of thiocarbonyl (C=S) groups is 1. The average Bonchev–Trinajstić information content (AvgIpc) is 2.69. The molecule has 0 bridgehead atoms. The van der Waals surface area contributed by atoms with Gasteiger partial charge in [-0.1, -0.05) is 31.5 Å². The molecule has 3 rings (SSSR count). The van der Waals surface area contributed by atoms with Crippen LogP contribution >= 0.6 is 12.2 Å². The summed E-state index contributed by atoms with van der Waals surface area (Å²) in [6.45, 7) is 4.67. The van der Waals surface area contributed by atoms with Crippen LogP contribution in [0.4, 0.5) is 11.4 Å².